The normalized spacial score (nSPS) is 11.0. The molecule has 0 aliphatic heterocycles. The molecular weight excluding hydrogens is 152 g/mol. The predicted molar refractivity (Wildman–Crippen MR) is 53.0 cm³/mol. The Morgan fingerprint density at radius 1 is 1.30 bits per heavy atom. The fourth-order valence-corrected chi connectivity index (χ4v) is 7.55. The highest BCUT2D eigenvalue weighted by molar-refractivity contribution is 7.34. The van der Waals surface area contributed by atoms with Gasteiger partial charge in [-0.3, -0.25) is 0 Å². The molecule has 0 fully saturated rings. The molecule has 0 nitrogen and oxygen atoms in total. The molecule has 0 heterocycles. The van der Waals surface area contributed by atoms with Crippen molar-refractivity contribution in [3.63, 3.8) is 0 Å². The third-order valence-corrected chi connectivity index (χ3v) is 11.5. The van der Waals surface area contributed by atoms with Gasteiger partial charge in [0.2, 0.25) is 0 Å². The van der Waals surface area contributed by atoms with Gasteiger partial charge >= 0.3 is 0 Å². The Kier molecular flexibility index (Phi) is 3.99. The van der Waals surface area contributed by atoms with Crippen LogP contribution in [-0.2, 0) is 0 Å². The van der Waals surface area contributed by atoms with Crippen molar-refractivity contribution < 1.29 is 0 Å². The quantitative estimate of drug-likeness (QED) is 0.440. The molecule has 0 aromatic carbocycles. The van der Waals surface area contributed by atoms with Crippen LogP contribution in [0.4, 0.5) is 0 Å². The molecule has 2 heteroatoms. The molecular formula is C8H17Si2. The van der Waals surface area contributed by atoms with E-state index in [1.807, 2.05) is 6.92 Å². The zero-order valence-corrected chi connectivity index (χ0v) is 9.71. The highest BCUT2D eigenvalue weighted by Gasteiger charge is 2.25. The summed E-state index contributed by atoms with van der Waals surface area (Å²) in [5.74, 6) is 3.06. The highest BCUT2D eigenvalue weighted by atomic mass is 29.2. The van der Waals surface area contributed by atoms with E-state index in [0.717, 1.165) is 0 Å². The Bertz CT molecular complexity index is 145. The fourth-order valence-electron chi connectivity index (χ4n) is 0.957. The van der Waals surface area contributed by atoms with Crippen molar-refractivity contribution in [1.29, 1.82) is 0 Å². The molecule has 0 bridgehead atoms. The lowest BCUT2D eigenvalue weighted by molar-refractivity contribution is 1.45. The van der Waals surface area contributed by atoms with Crippen molar-refractivity contribution >= 4 is 15.9 Å². The SMILES string of the molecule is CC#C[Si](CC)[Si](C)(C)C. The molecule has 0 saturated carbocycles. The van der Waals surface area contributed by atoms with Crippen molar-refractivity contribution in [2.75, 3.05) is 0 Å². The van der Waals surface area contributed by atoms with E-state index in [1.54, 1.807) is 0 Å². The van der Waals surface area contributed by atoms with Crippen molar-refractivity contribution in [3.05, 3.63) is 0 Å². The largest absolute Gasteiger partial charge is 0.137 e. The maximum absolute atomic E-state index is 3.39. The summed E-state index contributed by atoms with van der Waals surface area (Å²) in [5, 5.41) is 0. The molecule has 0 N–H and O–H groups in total. The van der Waals surface area contributed by atoms with Gasteiger partial charge in [0.25, 0.3) is 0 Å². The first-order chi connectivity index (χ1) is 4.52. The standard InChI is InChI=1S/C8H17Si2/c1-6-8-9(7-2)10(3,4)5/h7H2,1-5H3. The van der Waals surface area contributed by atoms with E-state index in [9.17, 15) is 0 Å². The molecule has 57 valence electrons. The average molecular weight is 169 g/mol. The van der Waals surface area contributed by atoms with Gasteiger partial charge in [-0.1, -0.05) is 32.6 Å². The topological polar surface area (TPSA) is 0 Å². The third-order valence-electron chi connectivity index (χ3n) is 1.53. The summed E-state index contributed by atoms with van der Waals surface area (Å²) >= 11 is 0. The Morgan fingerprint density at radius 3 is 1.90 bits per heavy atom. The second kappa shape index (κ2) is 4.00. The van der Waals surface area contributed by atoms with Gasteiger partial charge in [0.05, 0.1) is 7.59 Å². The van der Waals surface area contributed by atoms with Crippen LogP contribution in [0, 0.1) is 11.5 Å². The van der Waals surface area contributed by atoms with E-state index in [2.05, 4.69) is 38.0 Å². The molecule has 0 aliphatic carbocycles. The molecule has 10 heavy (non-hydrogen) atoms. The second-order valence-electron chi connectivity index (χ2n) is 3.46. The van der Waals surface area contributed by atoms with E-state index in [4.69, 9.17) is 0 Å². The van der Waals surface area contributed by atoms with Crippen molar-refractivity contribution in [2.45, 2.75) is 39.5 Å². The molecule has 0 atom stereocenters. The van der Waals surface area contributed by atoms with Crippen LogP contribution in [0.5, 0.6) is 0 Å². The maximum Gasteiger partial charge on any atom is 0.133 e. The van der Waals surface area contributed by atoms with E-state index < -0.39 is 7.59 Å². The van der Waals surface area contributed by atoms with Gasteiger partial charge in [-0.25, -0.2) is 0 Å². The molecule has 0 saturated heterocycles. The van der Waals surface area contributed by atoms with Crippen molar-refractivity contribution in [2.24, 2.45) is 0 Å². The van der Waals surface area contributed by atoms with E-state index in [-0.39, 0.29) is 8.31 Å². The van der Waals surface area contributed by atoms with E-state index in [0.29, 0.717) is 0 Å². The van der Waals surface area contributed by atoms with Crippen molar-refractivity contribution in [1.82, 2.24) is 0 Å². The van der Waals surface area contributed by atoms with Crippen LogP contribution in [-0.4, -0.2) is 15.9 Å². The fraction of sp³-hybridized carbons (Fsp3) is 0.750. The zero-order valence-electron chi connectivity index (χ0n) is 7.71. The lowest BCUT2D eigenvalue weighted by Crippen LogP contribution is -2.41. The summed E-state index contributed by atoms with van der Waals surface area (Å²) < 4.78 is 0. The lowest BCUT2D eigenvalue weighted by Gasteiger charge is -2.20. The van der Waals surface area contributed by atoms with Crippen LogP contribution in [0.2, 0.25) is 25.7 Å². The van der Waals surface area contributed by atoms with E-state index in [1.165, 1.54) is 6.04 Å². The van der Waals surface area contributed by atoms with Crippen LogP contribution in [0.1, 0.15) is 13.8 Å². The Balaban J connectivity index is 4.17. The lowest BCUT2D eigenvalue weighted by atomic mass is 10.8. The Hall–Kier alpha value is -0.00623. The summed E-state index contributed by atoms with van der Waals surface area (Å²) in [6, 6.07) is 1.32. The Labute approximate surface area is 67.4 Å². The van der Waals surface area contributed by atoms with E-state index >= 15 is 0 Å². The molecule has 0 aromatic rings. The predicted octanol–water partition coefficient (Wildman–Crippen LogP) is 2.48. The minimum Gasteiger partial charge on any atom is -0.137 e. The molecule has 0 aliphatic rings. The summed E-state index contributed by atoms with van der Waals surface area (Å²) in [5.41, 5.74) is 3.39. The minimum absolute atomic E-state index is 0.273. The monoisotopic (exact) mass is 169 g/mol. The number of rotatable bonds is 2. The summed E-state index contributed by atoms with van der Waals surface area (Å²) in [6.07, 6.45) is 0. The van der Waals surface area contributed by atoms with Gasteiger partial charge in [0.15, 0.2) is 0 Å². The van der Waals surface area contributed by atoms with Crippen LogP contribution >= 0.6 is 0 Å². The average Bonchev–Trinajstić information content (AvgIpc) is 1.80. The summed E-state index contributed by atoms with van der Waals surface area (Å²) in [7, 11) is -1.15. The van der Waals surface area contributed by atoms with Crippen LogP contribution in [0.3, 0.4) is 0 Å². The van der Waals surface area contributed by atoms with Gasteiger partial charge in [-0.05, 0) is 6.92 Å². The smallest absolute Gasteiger partial charge is 0.133 e. The van der Waals surface area contributed by atoms with Gasteiger partial charge in [0.1, 0.15) is 8.31 Å². The van der Waals surface area contributed by atoms with Gasteiger partial charge < -0.3 is 0 Å². The molecule has 0 aromatic heterocycles. The molecule has 1 radical (unpaired) electrons. The molecule has 0 rings (SSSR count). The van der Waals surface area contributed by atoms with Gasteiger partial charge in [-0.2, -0.15) is 0 Å². The summed E-state index contributed by atoms with van der Waals surface area (Å²) in [4.78, 5) is 0. The summed E-state index contributed by atoms with van der Waals surface area (Å²) in [6.45, 7) is 11.5. The van der Waals surface area contributed by atoms with Crippen LogP contribution in [0.25, 0.3) is 0 Å². The van der Waals surface area contributed by atoms with Gasteiger partial charge in [-0.15, -0.1) is 11.5 Å². The first kappa shape index (κ1) is 9.99. The minimum atomic E-state index is -0.879. The second-order valence-corrected chi connectivity index (χ2v) is 16.2. The van der Waals surface area contributed by atoms with Crippen LogP contribution in [0.15, 0.2) is 0 Å². The highest BCUT2D eigenvalue weighted by Crippen LogP contribution is 2.08. The molecule has 0 amide bonds. The number of hydrogen-bond acceptors (Lipinski definition) is 0. The molecule has 0 unspecified atom stereocenters. The van der Waals surface area contributed by atoms with Crippen LogP contribution < -0.4 is 0 Å². The Morgan fingerprint density at radius 2 is 1.80 bits per heavy atom. The first-order valence-electron chi connectivity index (χ1n) is 3.81. The molecule has 0 spiro atoms. The maximum atomic E-state index is 3.39. The third kappa shape index (κ3) is 3.24. The first-order valence-corrected chi connectivity index (χ1v) is 10.0. The van der Waals surface area contributed by atoms with Crippen molar-refractivity contribution in [3.8, 4) is 11.5 Å². The number of hydrogen-bond donors (Lipinski definition) is 0. The van der Waals surface area contributed by atoms with Gasteiger partial charge in [0, 0.05) is 0 Å². The zero-order chi connectivity index (χ0) is 8.20.